The number of methoxy groups -OCH3 is 1. The summed E-state index contributed by atoms with van der Waals surface area (Å²) in [5.41, 5.74) is 6.91. The third-order valence-corrected chi connectivity index (χ3v) is 5.42. The minimum atomic E-state index is -0.0337. The Kier molecular flexibility index (Phi) is 4.08. The van der Waals surface area contributed by atoms with Crippen LogP contribution in [0.15, 0.2) is 6.07 Å². The van der Waals surface area contributed by atoms with Crippen LogP contribution in [0.5, 0.6) is 0 Å². The highest BCUT2D eigenvalue weighted by Crippen LogP contribution is 2.49. The van der Waals surface area contributed by atoms with Crippen molar-refractivity contribution in [3.63, 3.8) is 0 Å². The summed E-state index contributed by atoms with van der Waals surface area (Å²) in [6.07, 6.45) is 5.76. The van der Waals surface area contributed by atoms with Crippen LogP contribution in [-0.2, 0) is 4.74 Å². The van der Waals surface area contributed by atoms with Gasteiger partial charge >= 0.3 is 0 Å². The molecule has 0 unspecified atom stereocenters. The molecule has 6 heteroatoms. The van der Waals surface area contributed by atoms with Crippen LogP contribution in [0.2, 0.25) is 0 Å². The minimum absolute atomic E-state index is 0.0337. The highest BCUT2D eigenvalue weighted by atomic mass is 32.1. The van der Waals surface area contributed by atoms with Crippen molar-refractivity contribution in [3.05, 3.63) is 10.9 Å². The minimum Gasteiger partial charge on any atom is -0.397 e. The molecule has 4 N–H and O–H groups in total. The first-order valence-corrected chi connectivity index (χ1v) is 8.36. The molecular formula is C15H23N3O2S. The number of carbonyl (C=O) groups excluding carboxylic acids is 1. The van der Waals surface area contributed by atoms with Crippen molar-refractivity contribution in [2.24, 2.45) is 5.41 Å². The summed E-state index contributed by atoms with van der Waals surface area (Å²) in [6, 6.07) is 2.23. The van der Waals surface area contributed by atoms with Crippen molar-refractivity contribution in [2.75, 3.05) is 31.3 Å². The summed E-state index contributed by atoms with van der Waals surface area (Å²) < 4.78 is 5.17. The van der Waals surface area contributed by atoms with E-state index in [1.54, 1.807) is 7.11 Å². The number of hydrogen-bond donors (Lipinski definition) is 3. The fourth-order valence-corrected chi connectivity index (χ4v) is 3.31. The molecule has 1 amide bonds. The Bertz CT molecular complexity index is 521. The van der Waals surface area contributed by atoms with Gasteiger partial charge in [0.25, 0.3) is 5.91 Å². The van der Waals surface area contributed by atoms with Gasteiger partial charge < -0.3 is 21.1 Å². The number of nitrogens with one attached hydrogen (secondary N) is 2. The SMILES string of the molecule is COCCC1(CNc2cc(N)c(C(=O)NC3CC3)s2)CC1. The van der Waals surface area contributed by atoms with Gasteiger partial charge in [-0.1, -0.05) is 0 Å². The van der Waals surface area contributed by atoms with Crippen molar-refractivity contribution < 1.29 is 9.53 Å². The first-order valence-electron chi connectivity index (χ1n) is 7.55. The zero-order valence-corrected chi connectivity index (χ0v) is 13.2. The molecule has 2 aliphatic carbocycles. The topological polar surface area (TPSA) is 76.4 Å². The lowest BCUT2D eigenvalue weighted by atomic mass is 10.0. The highest BCUT2D eigenvalue weighted by Gasteiger charge is 2.41. The molecule has 0 spiro atoms. The maximum atomic E-state index is 12.1. The van der Waals surface area contributed by atoms with Crippen molar-refractivity contribution in [3.8, 4) is 0 Å². The molecule has 1 heterocycles. The van der Waals surface area contributed by atoms with Crippen LogP contribution in [0.4, 0.5) is 10.7 Å². The lowest BCUT2D eigenvalue weighted by molar-refractivity contribution is 0.0956. The molecule has 2 saturated carbocycles. The Labute approximate surface area is 129 Å². The number of hydrogen-bond acceptors (Lipinski definition) is 5. The maximum Gasteiger partial charge on any atom is 0.263 e. The van der Waals surface area contributed by atoms with E-state index in [1.807, 2.05) is 6.07 Å². The molecule has 0 atom stereocenters. The van der Waals surface area contributed by atoms with E-state index < -0.39 is 0 Å². The number of nitrogens with two attached hydrogens (primary N) is 1. The van der Waals surface area contributed by atoms with Crippen molar-refractivity contribution >= 4 is 27.9 Å². The molecule has 1 aromatic heterocycles. The molecule has 2 fully saturated rings. The predicted octanol–water partition coefficient (Wildman–Crippen LogP) is 2.45. The van der Waals surface area contributed by atoms with E-state index in [9.17, 15) is 4.79 Å². The Morgan fingerprint density at radius 2 is 2.29 bits per heavy atom. The lowest BCUT2D eigenvalue weighted by Gasteiger charge is -2.15. The van der Waals surface area contributed by atoms with E-state index in [0.717, 1.165) is 37.4 Å². The summed E-state index contributed by atoms with van der Waals surface area (Å²) in [6.45, 7) is 1.74. The van der Waals surface area contributed by atoms with E-state index in [1.165, 1.54) is 24.2 Å². The molecule has 0 aromatic carbocycles. The van der Waals surface area contributed by atoms with Crippen LogP contribution in [0.1, 0.15) is 41.8 Å². The number of amides is 1. The summed E-state index contributed by atoms with van der Waals surface area (Å²) >= 11 is 1.45. The van der Waals surface area contributed by atoms with Crippen LogP contribution >= 0.6 is 11.3 Å². The Hall–Kier alpha value is -1.27. The number of rotatable bonds is 8. The zero-order valence-electron chi connectivity index (χ0n) is 12.4. The van der Waals surface area contributed by atoms with Gasteiger partial charge in [-0.05, 0) is 43.6 Å². The average Bonchev–Trinajstić information content (AvgIpc) is 3.37. The summed E-state index contributed by atoms with van der Waals surface area (Å²) in [5, 5.41) is 7.41. The van der Waals surface area contributed by atoms with Crippen LogP contribution in [0, 0.1) is 5.41 Å². The van der Waals surface area contributed by atoms with Gasteiger partial charge in [0.05, 0.1) is 10.7 Å². The zero-order chi connectivity index (χ0) is 14.9. The molecule has 5 nitrogen and oxygen atoms in total. The first-order chi connectivity index (χ1) is 10.1. The first kappa shape index (κ1) is 14.7. The predicted molar refractivity (Wildman–Crippen MR) is 85.9 cm³/mol. The third-order valence-electron chi connectivity index (χ3n) is 4.31. The van der Waals surface area contributed by atoms with Crippen molar-refractivity contribution in [1.82, 2.24) is 5.32 Å². The van der Waals surface area contributed by atoms with Crippen LogP contribution in [0.3, 0.4) is 0 Å². The van der Waals surface area contributed by atoms with E-state index >= 15 is 0 Å². The second kappa shape index (κ2) is 5.85. The second-order valence-corrected chi connectivity index (χ2v) is 7.29. The molecule has 0 saturated heterocycles. The summed E-state index contributed by atoms with van der Waals surface area (Å²) in [5.74, 6) is -0.0337. The van der Waals surface area contributed by atoms with Crippen molar-refractivity contribution in [2.45, 2.75) is 38.1 Å². The number of anilines is 2. The number of nitrogen functional groups attached to an aromatic ring is 1. The van der Waals surface area contributed by atoms with E-state index in [-0.39, 0.29) is 5.91 Å². The van der Waals surface area contributed by atoms with Crippen LogP contribution in [0.25, 0.3) is 0 Å². The van der Waals surface area contributed by atoms with Gasteiger partial charge in [0, 0.05) is 26.3 Å². The largest absolute Gasteiger partial charge is 0.397 e. The molecule has 21 heavy (non-hydrogen) atoms. The Balaban J connectivity index is 1.55. The standard InChI is InChI=1S/C15H23N3O2S/c1-20-7-6-15(4-5-15)9-17-12-8-11(16)13(21-12)14(19)18-10-2-3-10/h8,10,17H,2-7,9,16H2,1H3,(H,18,19). The fraction of sp³-hybridized carbons (Fsp3) is 0.667. The highest BCUT2D eigenvalue weighted by molar-refractivity contribution is 7.18. The molecule has 0 radical (unpaired) electrons. The lowest BCUT2D eigenvalue weighted by Crippen LogP contribution is -2.25. The quantitative estimate of drug-likeness (QED) is 0.689. The average molecular weight is 309 g/mol. The van der Waals surface area contributed by atoms with E-state index in [4.69, 9.17) is 10.5 Å². The van der Waals surface area contributed by atoms with Crippen LogP contribution < -0.4 is 16.4 Å². The van der Waals surface area contributed by atoms with Gasteiger partial charge in [0.1, 0.15) is 4.88 Å². The molecule has 1 aromatic rings. The van der Waals surface area contributed by atoms with Gasteiger partial charge in [-0.2, -0.15) is 0 Å². The number of thiophene rings is 1. The van der Waals surface area contributed by atoms with Crippen molar-refractivity contribution in [1.29, 1.82) is 0 Å². The van der Waals surface area contributed by atoms with Gasteiger partial charge in [-0.3, -0.25) is 4.79 Å². The number of carbonyl (C=O) groups is 1. The Morgan fingerprint density at radius 3 is 2.90 bits per heavy atom. The molecule has 3 rings (SSSR count). The monoisotopic (exact) mass is 309 g/mol. The van der Waals surface area contributed by atoms with Gasteiger partial charge in [-0.15, -0.1) is 11.3 Å². The van der Waals surface area contributed by atoms with Gasteiger partial charge in [0.2, 0.25) is 0 Å². The molecule has 0 bridgehead atoms. The summed E-state index contributed by atoms with van der Waals surface area (Å²) in [4.78, 5) is 12.7. The molecule has 0 aliphatic heterocycles. The van der Waals surface area contributed by atoms with Gasteiger partial charge in [0.15, 0.2) is 0 Å². The second-order valence-electron chi connectivity index (χ2n) is 6.24. The normalized spacial score (nSPS) is 19.3. The smallest absolute Gasteiger partial charge is 0.263 e. The third kappa shape index (κ3) is 3.68. The fourth-order valence-electron chi connectivity index (χ4n) is 2.43. The molecule has 2 aliphatic rings. The summed E-state index contributed by atoms with van der Waals surface area (Å²) in [7, 11) is 1.74. The van der Waals surface area contributed by atoms with Crippen LogP contribution in [-0.4, -0.2) is 32.2 Å². The Morgan fingerprint density at radius 1 is 1.52 bits per heavy atom. The maximum absolute atomic E-state index is 12.1. The van der Waals surface area contributed by atoms with Gasteiger partial charge in [-0.25, -0.2) is 0 Å². The van der Waals surface area contributed by atoms with E-state index in [2.05, 4.69) is 10.6 Å². The number of ether oxygens (including phenoxy) is 1. The molecule has 116 valence electrons. The molecular weight excluding hydrogens is 286 g/mol. The van der Waals surface area contributed by atoms with E-state index in [0.29, 0.717) is 22.0 Å².